The van der Waals surface area contributed by atoms with Crippen LogP contribution in [0.5, 0.6) is 0 Å². The quantitative estimate of drug-likeness (QED) is 0.564. The number of amides is 2. The van der Waals surface area contributed by atoms with E-state index in [2.05, 4.69) is 21.2 Å². The maximum Gasteiger partial charge on any atom is 0.249 e. The second-order valence-electron chi connectivity index (χ2n) is 5.01. The average molecular weight is 325 g/mol. The van der Waals surface area contributed by atoms with Gasteiger partial charge in [-0.25, -0.2) is 0 Å². The Labute approximate surface area is 118 Å². The number of rotatable bonds is 1. The molecule has 1 N–H and O–H groups in total. The monoisotopic (exact) mass is 324 g/mol. The third kappa shape index (κ3) is 2.14. The molecule has 0 aromatic rings. The predicted octanol–water partition coefficient (Wildman–Crippen LogP) is 0.510. The molecule has 0 aromatic carbocycles. The molecule has 0 saturated carbocycles. The molecule has 0 radical (unpaired) electrons. The highest BCUT2D eigenvalue weighted by atomic mass is 79.9. The average Bonchev–Trinajstić information content (AvgIpc) is 2.78. The summed E-state index contributed by atoms with van der Waals surface area (Å²) >= 11 is 3.32. The first-order valence-corrected chi connectivity index (χ1v) is 7.15. The van der Waals surface area contributed by atoms with Crippen molar-refractivity contribution in [2.45, 2.75) is 23.7 Å². The van der Waals surface area contributed by atoms with Gasteiger partial charge in [-0.3, -0.25) is 19.7 Å². The van der Waals surface area contributed by atoms with E-state index < -0.39 is 0 Å². The lowest BCUT2D eigenvalue weighted by Crippen LogP contribution is -2.51. The van der Waals surface area contributed by atoms with Crippen LogP contribution in [0, 0.1) is 5.92 Å². The molecule has 0 bridgehead atoms. The van der Waals surface area contributed by atoms with Crippen molar-refractivity contribution in [1.82, 2.24) is 10.2 Å². The normalized spacial score (nSPS) is 34.2. The van der Waals surface area contributed by atoms with Gasteiger partial charge in [-0.1, -0.05) is 28.1 Å². The van der Waals surface area contributed by atoms with Gasteiger partial charge in [0.1, 0.15) is 6.04 Å². The molecule has 2 heterocycles. The summed E-state index contributed by atoms with van der Waals surface area (Å²) in [6, 6.07) is -0.342. The van der Waals surface area contributed by atoms with E-state index in [1.54, 1.807) is 0 Å². The van der Waals surface area contributed by atoms with Gasteiger partial charge in [-0.05, 0) is 12.0 Å². The Balaban J connectivity index is 1.78. The highest BCUT2D eigenvalue weighted by molar-refractivity contribution is 9.10. The van der Waals surface area contributed by atoms with Crippen molar-refractivity contribution < 1.29 is 14.4 Å². The van der Waals surface area contributed by atoms with Gasteiger partial charge < -0.3 is 4.90 Å². The maximum absolute atomic E-state index is 12.0. The molecule has 1 aliphatic carbocycles. The topological polar surface area (TPSA) is 66.5 Å². The number of carbonyl (C=O) groups is 3. The zero-order valence-corrected chi connectivity index (χ0v) is 11.7. The molecule has 1 fully saturated rings. The van der Waals surface area contributed by atoms with Crippen molar-refractivity contribution in [2.75, 3.05) is 6.54 Å². The van der Waals surface area contributed by atoms with Gasteiger partial charge in [0.15, 0.2) is 5.78 Å². The van der Waals surface area contributed by atoms with Gasteiger partial charge in [0.25, 0.3) is 0 Å². The molecule has 2 aliphatic heterocycles. The summed E-state index contributed by atoms with van der Waals surface area (Å²) in [5.41, 5.74) is 0.949. The number of piperidine rings is 1. The number of Topliss-reactive ketones (excluding diaryl/α,β-unsaturated/α-hetero) is 1. The summed E-state index contributed by atoms with van der Waals surface area (Å²) in [5, 5.41) is 2.35. The van der Waals surface area contributed by atoms with E-state index in [1.807, 2.05) is 23.3 Å². The van der Waals surface area contributed by atoms with E-state index >= 15 is 0 Å². The molecule has 5 nitrogen and oxygen atoms in total. The fourth-order valence-corrected chi connectivity index (χ4v) is 3.23. The van der Waals surface area contributed by atoms with E-state index in [0.29, 0.717) is 19.4 Å². The van der Waals surface area contributed by atoms with Crippen molar-refractivity contribution in [1.29, 1.82) is 0 Å². The highest BCUT2D eigenvalue weighted by Crippen LogP contribution is 2.32. The molecule has 100 valence electrons. The largest absolute Gasteiger partial charge is 0.364 e. The van der Waals surface area contributed by atoms with E-state index in [4.69, 9.17) is 0 Å². The van der Waals surface area contributed by atoms with Gasteiger partial charge in [0.05, 0.1) is 10.7 Å². The number of halogens is 1. The first kappa shape index (κ1) is 12.6. The van der Waals surface area contributed by atoms with Crippen LogP contribution < -0.4 is 5.32 Å². The molecule has 3 atom stereocenters. The molecular weight excluding hydrogens is 312 g/mol. The van der Waals surface area contributed by atoms with Crippen LogP contribution in [0.2, 0.25) is 0 Å². The van der Waals surface area contributed by atoms with Gasteiger partial charge in [0, 0.05) is 19.2 Å². The lowest BCUT2D eigenvalue weighted by atomic mass is 9.90. The summed E-state index contributed by atoms with van der Waals surface area (Å²) in [6.07, 6.45) is 6.48. The first-order valence-electron chi connectivity index (χ1n) is 6.23. The van der Waals surface area contributed by atoms with Crippen molar-refractivity contribution >= 4 is 33.5 Å². The SMILES string of the molecule is O=C1CCC(N2C=C3C=CC(Br)C(=O)C3C2)C(=O)N1. The number of ketones is 1. The van der Waals surface area contributed by atoms with E-state index in [-0.39, 0.29) is 34.4 Å². The molecule has 19 heavy (non-hydrogen) atoms. The second-order valence-corrected chi connectivity index (χ2v) is 6.00. The van der Waals surface area contributed by atoms with E-state index in [1.165, 1.54) is 0 Å². The highest BCUT2D eigenvalue weighted by Gasteiger charge is 2.39. The van der Waals surface area contributed by atoms with E-state index in [9.17, 15) is 14.4 Å². The zero-order valence-electron chi connectivity index (χ0n) is 10.1. The number of allylic oxidation sites excluding steroid dienone is 2. The summed E-state index contributed by atoms with van der Waals surface area (Å²) in [4.78, 5) is 36.7. The maximum atomic E-state index is 12.0. The number of alkyl halides is 1. The second kappa shape index (κ2) is 4.59. The number of nitrogens with one attached hydrogen (secondary N) is 1. The molecule has 3 aliphatic rings. The zero-order chi connectivity index (χ0) is 13.6. The van der Waals surface area contributed by atoms with Gasteiger partial charge in [-0.15, -0.1) is 0 Å². The standard InChI is InChI=1S/C13H13BrN2O3/c14-9-2-1-7-5-16(6-8(7)12(9)18)10-3-4-11(17)15-13(10)19/h1-2,5,8-10H,3-4,6H2,(H,15,17,19). The van der Waals surface area contributed by atoms with Crippen LogP contribution in [0.15, 0.2) is 23.9 Å². The minimum atomic E-state index is -0.342. The number of hydrogen-bond acceptors (Lipinski definition) is 4. The summed E-state index contributed by atoms with van der Waals surface area (Å²) in [5.74, 6) is -0.524. The third-order valence-corrected chi connectivity index (χ3v) is 4.55. The third-order valence-electron chi connectivity index (χ3n) is 3.79. The molecule has 6 heteroatoms. The van der Waals surface area contributed by atoms with Crippen LogP contribution in [-0.2, 0) is 14.4 Å². The van der Waals surface area contributed by atoms with Gasteiger partial charge in [-0.2, -0.15) is 0 Å². The Morgan fingerprint density at radius 3 is 2.84 bits per heavy atom. The molecule has 0 aromatic heterocycles. The smallest absolute Gasteiger partial charge is 0.249 e. The molecule has 1 saturated heterocycles. The van der Waals surface area contributed by atoms with E-state index in [0.717, 1.165) is 5.57 Å². The molecule has 0 spiro atoms. The van der Waals surface area contributed by atoms with Crippen molar-refractivity contribution in [3.05, 3.63) is 23.9 Å². The Hall–Kier alpha value is -1.43. The fraction of sp³-hybridized carbons (Fsp3) is 0.462. The minimum absolute atomic E-state index is 0.128. The minimum Gasteiger partial charge on any atom is -0.364 e. The van der Waals surface area contributed by atoms with Crippen LogP contribution in [-0.4, -0.2) is 39.9 Å². The van der Waals surface area contributed by atoms with Crippen molar-refractivity contribution in [2.24, 2.45) is 5.92 Å². The summed E-state index contributed by atoms with van der Waals surface area (Å²) < 4.78 is 0. The Morgan fingerprint density at radius 2 is 2.11 bits per heavy atom. The number of carbonyl (C=O) groups excluding carboxylic acids is 3. The Bertz CT molecular complexity index is 526. The Morgan fingerprint density at radius 1 is 1.32 bits per heavy atom. The lowest BCUT2D eigenvalue weighted by Gasteiger charge is -2.30. The molecular formula is C13H13BrN2O3. The Kier molecular flexibility index (Phi) is 3.05. The van der Waals surface area contributed by atoms with Gasteiger partial charge in [0.2, 0.25) is 11.8 Å². The van der Waals surface area contributed by atoms with Crippen LogP contribution in [0.25, 0.3) is 0 Å². The first-order chi connectivity index (χ1) is 9.06. The molecule has 3 unspecified atom stereocenters. The number of fused-ring (bicyclic) bond motifs is 1. The number of nitrogens with zero attached hydrogens (tertiary/aromatic N) is 1. The van der Waals surface area contributed by atoms with Crippen LogP contribution in [0.4, 0.5) is 0 Å². The van der Waals surface area contributed by atoms with Crippen LogP contribution >= 0.6 is 15.9 Å². The summed E-state index contributed by atoms with van der Waals surface area (Å²) in [7, 11) is 0. The number of hydrogen-bond donors (Lipinski definition) is 1. The van der Waals surface area contributed by atoms with Crippen molar-refractivity contribution in [3.8, 4) is 0 Å². The summed E-state index contributed by atoms with van der Waals surface area (Å²) in [6.45, 7) is 0.521. The molecule has 2 amide bonds. The van der Waals surface area contributed by atoms with Crippen molar-refractivity contribution in [3.63, 3.8) is 0 Å². The predicted molar refractivity (Wildman–Crippen MR) is 71.3 cm³/mol. The number of imide groups is 1. The van der Waals surface area contributed by atoms with Crippen LogP contribution in [0.1, 0.15) is 12.8 Å². The van der Waals surface area contributed by atoms with Crippen LogP contribution in [0.3, 0.4) is 0 Å². The fourth-order valence-electron chi connectivity index (χ4n) is 2.76. The molecule has 3 rings (SSSR count). The van der Waals surface area contributed by atoms with Gasteiger partial charge >= 0.3 is 0 Å². The lowest BCUT2D eigenvalue weighted by molar-refractivity contribution is -0.137.